The fourth-order valence-corrected chi connectivity index (χ4v) is 1.38. The second-order valence-corrected chi connectivity index (χ2v) is 2.99. The Kier molecular flexibility index (Phi) is 4.71. The van der Waals surface area contributed by atoms with Crippen LogP contribution in [0.4, 0.5) is 0 Å². The predicted octanol–water partition coefficient (Wildman–Crippen LogP) is 2.51. The second-order valence-electron chi connectivity index (χ2n) is 2.99. The van der Waals surface area contributed by atoms with Crippen molar-refractivity contribution < 1.29 is 14.2 Å². The van der Waals surface area contributed by atoms with E-state index in [1.54, 1.807) is 27.6 Å². The summed E-state index contributed by atoms with van der Waals surface area (Å²) in [6.07, 6.45) is 1.32. The summed E-state index contributed by atoms with van der Waals surface area (Å²) in [6, 6.07) is 9.85. The van der Waals surface area contributed by atoms with Crippen molar-refractivity contribution in [3.63, 3.8) is 0 Å². The lowest BCUT2D eigenvalue weighted by Gasteiger charge is -2.17. The number of hydrogen-bond donors (Lipinski definition) is 0. The maximum atomic E-state index is 5.37. The van der Waals surface area contributed by atoms with Crippen LogP contribution in [0.15, 0.2) is 42.4 Å². The summed E-state index contributed by atoms with van der Waals surface area (Å²) in [5, 5.41) is 0. The molecule has 1 aromatic carbocycles. The van der Waals surface area contributed by atoms with E-state index < -0.39 is 0 Å². The molecule has 15 heavy (non-hydrogen) atoms. The van der Waals surface area contributed by atoms with Gasteiger partial charge in [0.05, 0.1) is 14.2 Å². The molecular formula is C12H16O3. The topological polar surface area (TPSA) is 27.7 Å². The van der Waals surface area contributed by atoms with Gasteiger partial charge in [0.15, 0.2) is 5.76 Å². The SMILES string of the molecule is CO/C=C(/OC)C(OC)c1ccccc1. The highest BCUT2D eigenvalue weighted by molar-refractivity contribution is 5.23. The fourth-order valence-electron chi connectivity index (χ4n) is 1.38. The molecule has 0 spiro atoms. The van der Waals surface area contributed by atoms with Crippen molar-refractivity contribution in [2.45, 2.75) is 6.10 Å². The van der Waals surface area contributed by atoms with Gasteiger partial charge in [-0.2, -0.15) is 0 Å². The number of methoxy groups -OCH3 is 3. The third-order valence-electron chi connectivity index (χ3n) is 2.07. The largest absolute Gasteiger partial charge is 0.501 e. The smallest absolute Gasteiger partial charge is 0.163 e. The summed E-state index contributed by atoms with van der Waals surface area (Å²) < 4.78 is 15.5. The Morgan fingerprint density at radius 3 is 2.27 bits per heavy atom. The van der Waals surface area contributed by atoms with E-state index in [4.69, 9.17) is 14.2 Å². The molecule has 1 unspecified atom stereocenters. The summed E-state index contributed by atoms with van der Waals surface area (Å²) in [5.74, 6) is 0.645. The molecule has 0 aromatic heterocycles. The Morgan fingerprint density at radius 1 is 1.13 bits per heavy atom. The summed E-state index contributed by atoms with van der Waals surface area (Å²) in [7, 11) is 4.82. The highest BCUT2D eigenvalue weighted by Gasteiger charge is 2.16. The van der Waals surface area contributed by atoms with Crippen molar-refractivity contribution in [1.29, 1.82) is 0 Å². The highest BCUT2D eigenvalue weighted by atomic mass is 16.5. The molecule has 0 N–H and O–H groups in total. The van der Waals surface area contributed by atoms with Crippen molar-refractivity contribution in [3.05, 3.63) is 47.9 Å². The molecule has 0 saturated heterocycles. The lowest BCUT2D eigenvalue weighted by molar-refractivity contribution is 0.0716. The molecule has 0 fully saturated rings. The quantitative estimate of drug-likeness (QED) is 0.696. The van der Waals surface area contributed by atoms with E-state index in [2.05, 4.69) is 0 Å². The molecule has 1 rings (SSSR count). The second kappa shape index (κ2) is 6.09. The van der Waals surface area contributed by atoms with Gasteiger partial charge in [-0.05, 0) is 5.56 Å². The lowest BCUT2D eigenvalue weighted by Crippen LogP contribution is -2.07. The van der Waals surface area contributed by atoms with E-state index in [1.165, 1.54) is 0 Å². The van der Waals surface area contributed by atoms with E-state index >= 15 is 0 Å². The van der Waals surface area contributed by atoms with Crippen molar-refractivity contribution >= 4 is 0 Å². The summed E-state index contributed by atoms with van der Waals surface area (Å²) in [6.45, 7) is 0. The number of ether oxygens (including phenoxy) is 3. The van der Waals surface area contributed by atoms with Crippen LogP contribution in [0, 0.1) is 0 Å². The van der Waals surface area contributed by atoms with Crippen LogP contribution in [0.2, 0.25) is 0 Å². The molecule has 0 bridgehead atoms. The predicted molar refractivity (Wildman–Crippen MR) is 58.3 cm³/mol. The van der Waals surface area contributed by atoms with Crippen LogP contribution in [0.25, 0.3) is 0 Å². The molecule has 0 radical (unpaired) electrons. The minimum atomic E-state index is -0.226. The van der Waals surface area contributed by atoms with E-state index in [0.717, 1.165) is 5.56 Å². The van der Waals surface area contributed by atoms with Gasteiger partial charge in [0.2, 0.25) is 0 Å². The highest BCUT2D eigenvalue weighted by Crippen LogP contribution is 2.25. The van der Waals surface area contributed by atoms with Crippen LogP contribution >= 0.6 is 0 Å². The van der Waals surface area contributed by atoms with Gasteiger partial charge in [0.1, 0.15) is 12.4 Å². The van der Waals surface area contributed by atoms with Crippen molar-refractivity contribution in [3.8, 4) is 0 Å². The van der Waals surface area contributed by atoms with Crippen molar-refractivity contribution in [2.24, 2.45) is 0 Å². The molecule has 0 aliphatic heterocycles. The van der Waals surface area contributed by atoms with Gasteiger partial charge < -0.3 is 14.2 Å². The van der Waals surface area contributed by atoms with Gasteiger partial charge in [-0.1, -0.05) is 30.3 Å². The first-order valence-corrected chi connectivity index (χ1v) is 4.68. The first kappa shape index (κ1) is 11.6. The Hall–Kier alpha value is -1.48. The maximum Gasteiger partial charge on any atom is 0.163 e. The minimum absolute atomic E-state index is 0.226. The van der Waals surface area contributed by atoms with Crippen LogP contribution < -0.4 is 0 Å². The lowest BCUT2D eigenvalue weighted by atomic mass is 10.1. The zero-order valence-corrected chi connectivity index (χ0v) is 9.27. The Labute approximate surface area is 90.3 Å². The molecule has 0 amide bonds. The maximum absolute atomic E-state index is 5.37. The van der Waals surface area contributed by atoms with Gasteiger partial charge in [-0.25, -0.2) is 0 Å². The summed E-state index contributed by atoms with van der Waals surface area (Å²) >= 11 is 0. The first-order chi connectivity index (χ1) is 7.33. The van der Waals surface area contributed by atoms with Crippen LogP contribution in [-0.2, 0) is 14.2 Å². The van der Waals surface area contributed by atoms with E-state index in [1.807, 2.05) is 30.3 Å². The zero-order valence-electron chi connectivity index (χ0n) is 9.27. The number of rotatable bonds is 5. The molecule has 1 atom stereocenters. The third-order valence-corrected chi connectivity index (χ3v) is 2.07. The van der Waals surface area contributed by atoms with Gasteiger partial charge in [0.25, 0.3) is 0 Å². The molecule has 0 heterocycles. The molecule has 3 nitrogen and oxygen atoms in total. The standard InChI is InChI=1S/C12H16O3/c1-13-9-11(14-2)12(15-3)10-7-5-4-6-8-10/h4-9,12H,1-3H3/b11-9+. The summed E-state index contributed by atoms with van der Waals surface area (Å²) in [4.78, 5) is 0. The number of hydrogen-bond acceptors (Lipinski definition) is 3. The van der Waals surface area contributed by atoms with Crippen LogP contribution in [0.1, 0.15) is 11.7 Å². The average molecular weight is 208 g/mol. The molecule has 3 heteroatoms. The van der Waals surface area contributed by atoms with Crippen LogP contribution in [0.3, 0.4) is 0 Å². The molecule has 0 saturated carbocycles. The zero-order chi connectivity index (χ0) is 11.1. The molecular weight excluding hydrogens is 192 g/mol. The average Bonchev–Trinajstić information content (AvgIpc) is 2.30. The van der Waals surface area contributed by atoms with Gasteiger partial charge in [0, 0.05) is 7.11 Å². The van der Waals surface area contributed by atoms with Gasteiger partial charge >= 0.3 is 0 Å². The molecule has 1 aromatic rings. The van der Waals surface area contributed by atoms with E-state index in [-0.39, 0.29) is 6.10 Å². The Balaban J connectivity index is 2.93. The molecule has 0 aliphatic carbocycles. The van der Waals surface area contributed by atoms with Crippen LogP contribution in [0.5, 0.6) is 0 Å². The van der Waals surface area contributed by atoms with Gasteiger partial charge in [-0.15, -0.1) is 0 Å². The first-order valence-electron chi connectivity index (χ1n) is 4.68. The Bertz CT molecular complexity index is 306. The van der Waals surface area contributed by atoms with Crippen molar-refractivity contribution in [1.82, 2.24) is 0 Å². The minimum Gasteiger partial charge on any atom is -0.501 e. The van der Waals surface area contributed by atoms with E-state index in [9.17, 15) is 0 Å². The van der Waals surface area contributed by atoms with E-state index in [0.29, 0.717) is 5.76 Å². The molecule has 0 aliphatic rings. The monoisotopic (exact) mass is 208 g/mol. The summed E-state index contributed by atoms with van der Waals surface area (Å²) in [5.41, 5.74) is 1.03. The van der Waals surface area contributed by atoms with Crippen molar-refractivity contribution in [2.75, 3.05) is 21.3 Å². The van der Waals surface area contributed by atoms with Gasteiger partial charge in [-0.3, -0.25) is 0 Å². The van der Waals surface area contributed by atoms with Crippen LogP contribution in [-0.4, -0.2) is 21.3 Å². The normalized spacial score (nSPS) is 13.4. The fraction of sp³-hybridized carbons (Fsp3) is 0.333. The third kappa shape index (κ3) is 2.99. The number of benzene rings is 1. The Morgan fingerprint density at radius 2 is 1.80 bits per heavy atom. The molecule has 82 valence electrons.